The van der Waals surface area contributed by atoms with Crippen molar-refractivity contribution in [2.45, 2.75) is 6.92 Å². The van der Waals surface area contributed by atoms with Crippen molar-refractivity contribution in [2.24, 2.45) is 0 Å². The van der Waals surface area contributed by atoms with Gasteiger partial charge in [-0.3, -0.25) is 14.5 Å². The topological polar surface area (TPSA) is 74.7 Å². The fourth-order valence-corrected chi connectivity index (χ4v) is 2.08. The van der Waals surface area contributed by atoms with E-state index < -0.39 is 17.7 Å². The van der Waals surface area contributed by atoms with E-state index in [0.29, 0.717) is 5.69 Å². The third-order valence-electron chi connectivity index (χ3n) is 2.86. The van der Waals surface area contributed by atoms with Crippen molar-refractivity contribution in [1.29, 1.82) is 0 Å². The molecule has 1 aromatic carbocycles. The van der Waals surface area contributed by atoms with Crippen molar-refractivity contribution in [1.82, 2.24) is 0 Å². The molecule has 6 heteroatoms. The van der Waals surface area contributed by atoms with Gasteiger partial charge < -0.3 is 5.11 Å². The number of anilines is 1. The predicted molar refractivity (Wildman–Crippen MR) is 69.5 cm³/mol. The second-order valence-electron chi connectivity index (χ2n) is 4.07. The number of amides is 1. The van der Waals surface area contributed by atoms with Crippen LogP contribution in [0.1, 0.15) is 17.3 Å². The monoisotopic (exact) mass is 279 g/mol. The summed E-state index contributed by atoms with van der Waals surface area (Å²) >= 11 is 5.99. The minimum absolute atomic E-state index is 0.000556. The fraction of sp³-hybridized carbons (Fsp3) is 0.154. The van der Waals surface area contributed by atoms with Crippen molar-refractivity contribution in [3.8, 4) is 0 Å². The molecule has 98 valence electrons. The average molecular weight is 280 g/mol. The maximum Gasteiger partial charge on any atom is 0.331 e. The first-order valence-corrected chi connectivity index (χ1v) is 5.86. The Morgan fingerprint density at radius 3 is 2.74 bits per heavy atom. The van der Waals surface area contributed by atoms with Crippen LogP contribution >= 0.6 is 11.6 Å². The van der Waals surface area contributed by atoms with Gasteiger partial charge in [-0.25, -0.2) is 4.79 Å². The largest absolute Gasteiger partial charge is 0.478 e. The summed E-state index contributed by atoms with van der Waals surface area (Å²) in [6.45, 7) is 1.41. The lowest BCUT2D eigenvalue weighted by Crippen LogP contribution is -2.30. The molecule has 2 rings (SSSR count). The molecule has 1 aliphatic heterocycles. The molecule has 5 nitrogen and oxygen atoms in total. The molecule has 19 heavy (non-hydrogen) atoms. The maximum absolute atomic E-state index is 11.8. The molecule has 1 N–H and O–H groups in total. The number of fused-ring (bicyclic) bond motifs is 1. The summed E-state index contributed by atoms with van der Waals surface area (Å²) in [6, 6.07) is 4.69. The molecule has 0 saturated heterocycles. The number of benzene rings is 1. The van der Waals surface area contributed by atoms with Crippen LogP contribution in [0.25, 0.3) is 0 Å². The molecule has 0 saturated carbocycles. The van der Waals surface area contributed by atoms with E-state index in [1.54, 1.807) is 12.1 Å². The molecule has 0 spiro atoms. The highest BCUT2D eigenvalue weighted by Crippen LogP contribution is 2.35. The summed E-state index contributed by atoms with van der Waals surface area (Å²) in [5.74, 6) is -2.39. The van der Waals surface area contributed by atoms with E-state index in [9.17, 15) is 14.4 Å². The number of carboxylic acids is 1. The lowest BCUT2D eigenvalue weighted by molar-refractivity contribution is -0.132. The Labute approximate surface area is 114 Å². The SMILES string of the molecule is CC(=CCN1C(=O)C(=O)c2cccc(Cl)c21)C(=O)O. The van der Waals surface area contributed by atoms with E-state index in [2.05, 4.69) is 0 Å². The van der Waals surface area contributed by atoms with Gasteiger partial charge in [-0.15, -0.1) is 0 Å². The highest BCUT2D eigenvalue weighted by atomic mass is 35.5. The second-order valence-corrected chi connectivity index (χ2v) is 4.48. The Morgan fingerprint density at radius 2 is 2.11 bits per heavy atom. The van der Waals surface area contributed by atoms with E-state index in [-0.39, 0.29) is 22.7 Å². The van der Waals surface area contributed by atoms with Gasteiger partial charge in [-0.1, -0.05) is 23.7 Å². The number of hydrogen-bond donors (Lipinski definition) is 1. The smallest absolute Gasteiger partial charge is 0.331 e. The van der Waals surface area contributed by atoms with Crippen LogP contribution in [-0.2, 0) is 9.59 Å². The van der Waals surface area contributed by atoms with Crippen LogP contribution in [-0.4, -0.2) is 29.3 Å². The standard InChI is InChI=1S/C13H10ClNO4/c1-7(13(18)19)5-6-15-10-8(11(16)12(15)17)3-2-4-9(10)14/h2-5H,6H2,1H3,(H,18,19). The van der Waals surface area contributed by atoms with Crippen LogP contribution < -0.4 is 4.90 Å². The van der Waals surface area contributed by atoms with Gasteiger partial charge in [0.2, 0.25) is 0 Å². The summed E-state index contributed by atoms with van der Waals surface area (Å²) in [6.07, 6.45) is 1.37. The average Bonchev–Trinajstić information content (AvgIpc) is 2.61. The van der Waals surface area contributed by atoms with Crippen LogP contribution in [0.5, 0.6) is 0 Å². The Hall–Kier alpha value is -2.14. The molecule has 0 fully saturated rings. The van der Waals surface area contributed by atoms with Crippen LogP contribution in [0.3, 0.4) is 0 Å². The molecule has 0 atom stereocenters. The van der Waals surface area contributed by atoms with Gasteiger partial charge in [0, 0.05) is 12.1 Å². The van der Waals surface area contributed by atoms with Crippen LogP contribution in [0, 0.1) is 0 Å². The summed E-state index contributed by atoms with van der Waals surface area (Å²) in [5, 5.41) is 9.05. The number of nitrogens with zero attached hydrogens (tertiary/aromatic N) is 1. The van der Waals surface area contributed by atoms with E-state index >= 15 is 0 Å². The molecular formula is C13H10ClNO4. The van der Waals surface area contributed by atoms with E-state index in [1.165, 1.54) is 24.0 Å². The van der Waals surface area contributed by atoms with Gasteiger partial charge in [0.1, 0.15) is 0 Å². The van der Waals surface area contributed by atoms with Crippen LogP contribution in [0.4, 0.5) is 5.69 Å². The number of aliphatic carboxylic acids is 1. The lowest BCUT2D eigenvalue weighted by atomic mass is 10.1. The Kier molecular flexibility index (Phi) is 3.40. The highest BCUT2D eigenvalue weighted by Gasteiger charge is 2.36. The maximum atomic E-state index is 11.8. The third-order valence-corrected chi connectivity index (χ3v) is 3.16. The van der Waals surface area contributed by atoms with Crippen molar-refractivity contribution in [3.63, 3.8) is 0 Å². The number of rotatable bonds is 3. The molecule has 1 aliphatic rings. The molecular weight excluding hydrogens is 270 g/mol. The third kappa shape index (κ3) is 2.24. The molecule has 1 aromatic rings. The van der Waals surface area contributed by atoms with Gasteiger partial charge in [0.25, 0.3) is 11.7 Å². The molecule has 1 amide bonds. The predicted octanol–water partition coefficient (Wildman–Crippen LogP) is 1.90. The summed E-state index contributed by atoms with van der Waals surface area (Å²) in [7, 11) is 0. The van der Waals surface area contributed by atoms with Gasteiger partial charge in [-0.05, 0) is 19.1 Å². The minimum atomic E-state index is -1.07. The molecule has 0 aromatic heterocycles. The lowest BCUT2D eigenvalue weighted by Gasteiger charge is -2.15. The molecule has 0 aliphatic carbocycles. The summed E-state index contributed by atoms with van der Waals surface area (Å²) in [4.78, 5) is 35.5. The first-order valence-electron chi connectivity index (χ1n) is 5.48. The van der Waals surface area contributed by atoms with Gasteiger partial charge in [0.05, 0.1) is 16.3 Å². The zero-order chi connectivity index (χ0) is 14.2. The summed E-state index contributed by atoms with van der Waals surface area (Å²) in [5.41, 5.74) is 0.688. The number of carbonyl (C=O) groups excluding carboxylic acids is 2. The van der Waals surface area contributed by atoms with E-state index in [1.807, 2.05) is 0 Å². The zero-order valence-electron chi connectivity index (χ0n) is 10.0. The minimum Gasteiger partial charge on any atom is -0.478 e. The quantitative estimate of drug-likeness (QED) is 0.677. The Morgan fingerprint density at radius 1 is 1.42 bits per heavy atom. The van der Waals surface area contributed by atoms with Crippen molar-refractivity contribution < 1.29 is 19.5 Å². The zero-order valence-corrected chi connectivity index (χ0v) is 10.8. The number of carboxylic acid groups (broad SMARTS) is 1. The first-order chi connectivity index (χ1) is 8.93. The number of para-hydroxylation sites is 1. The number of halogens is 1. The highest BCUT2D eigenvalue weighted by molar-refractivity contribution is 6.54. The van der Waals surface area contributed by atoms with Crippen molar-refractivity contribution in [2.75, 3.05) is 11.4 Å². The van der Waals surface area contributed by atoms with Gasteiger partial charge in [-0.2, -0.15) is 0 Å². The van der Waals surface area contributed by atoms with Gasteiger partial charge >= 0.3 is 5.97 Å². The fourth-order valence-electron chi connectivity index (χ4n) is 1.80. The Balaban J connectivity index is 2.39. The number of hydrogen-bond acceptors (Lipinski definition) is 3. The number of ketones is 1. The number of carbonyl (C=O) groups is 3. The molecule has 0 radical (unpaired) electrons. The van der Waals surface area contributed by atoms with Crippen LogP contribution in [0.15, 0.2) is 29.8 Å². The second kappa shape index (κ2) is 4.85. The van der Waals surface area contributed by atoms with Crippen LogP contribution in [0.2, 0.25) is 5.02 Å². The molecule has 1 heterocycles. The number of Topliss-reactive ketones (excluding diaryl/α,β-unsaturated/α-hetero) is 1. The molecule has 0 bridgehead atoms. The van der Waals surface area contributed by atoms with Gasteiger partial charge in [0.15, 0.2) is 0 Å². The van der Waals surface area contributed by atoms with Crippen molar-refractivity contribution >= 4 is 34.9 Å². The van der Waals surface area contributed by atoms with E-state index in [0.717, 1.165) is 0 Å². The molecule has 0 unspecified atom stereocenters. The van der Waals surface area contributed by atoms with Crippen molar-refractivity contribution in [3.05, 3.63) is 40.4 Å². The first kappa shape index (κ1) is 13.3. The summed E-state index contributed by atoms with van der Waals surface area (Å²) < 4.78 is 0. The van der Waals surface area contributed by atoms with E-state index in [4.69, 9.17) is 16.7 Å². The Bertz CT molecular complexity index is 621. The normalized spacial score (nSPS) is 14.8.